The lowest BCUT2D eigenvalue weighted by atomic mass is 9.95. The lowest BCUT2D eigenvalue weighted by molar-refractivity contribution is -0.0763. The fourth-order valence-corrected chi connectivity index (χ4v) is 4.94. The molecule has 1 aromatic carbocycles. The molecular weight excluding hydrogens is 366 g/mol. The van der Waals surface area contributed by atoms with Gasteiger partial charge in [0.15, 0.2) is 6.29 Å². The van der Waals surface area contributed by atoms with Crippen LogP contribution in [0.1, 0.15) is 69.1 Å². The van der Waals surface area contributed by atoms with Crippen LogP contribution in [0.25, 0.3) is 16.5 Å². The van der Waals surface area contributed by atoms with Crippen LogP contribution in [0.15, 0.2) is 22.6 Å². The summed E-state index contributed by atoms with van der Waals surface area (Å²) in [6.07, 6.45) is 7.51. The summed E-state index contributed by atoms with van der Waals surface area (Å²) in [5.74, 6) is 0.926. The number of anilines is 1. The van der Waals surface area contributed by atoms with E-state index in [0.29, 0.717) is 6.04 Å². The monoisotopic (exact) mass is 399 g/mol. The zero-order valence-corrected chi connectivity index (χ0v) is 17.9. The summed E-state index contributed by atoms with van der Waals surface area (Å²) in [6, 6.07) is 4.71. The number of aliphatic hydroxyl groups excluding tert-OH is 1. The summed E-state index contributed by atoms with van der Waals surface area (Å²) in [4.78, 5) is 2.46. The molecule has 0 amide bonds. The van der Waals surface area contributed by atoms with Gasteiger partial charge < -0.3 is 23.9 Å². The van der Waals surface area contributed by atoms with Crippen LogP contribution in [0.2, 0.25) is 0 Å². The summed E-state index contributed by atoms with van der Waals surface area (Å²) in [5, 5.41) is 11.7. The number of aliphatic hydroxyl groups is 1. The summed E-state index contributed by atoms with van der Waals surface area (Å²) in [5.41, 5.74) is 5.25. The predicted octanol–water partition coefficient (Wildman–Crippen LogP) is 5.21. The van der Waals surface area contributed by atoms with E-state index in [9.17, 15) is 5.11 Å². The van der Waals surface area contributed by atoms with Crippen LogP contribution in [0, 0.1) is 0 Å². The molecule has 0 saturated carbocycles. The average Bonchev–Trinajstić information content (AvgIpc) is 3.43. The molecule has 5 heteroatoms. The molecule has 2 aliphatic rings. The van der Waals surface area contributed by atoms with Gasteiger partial charge >= 0.3 is 0 Å². The summed E-state index contributed by atoms with van der Waals surface area (Å²) in [7, 11) is 1.55. The van der Waals surface area contributed by atoms with Gasteiger partial charge in [0.25, 0.3) is 0 Å². The summed E-state index contributed by atoms with van der Waals surface area (Å²) < 4.78 is 17.3. The van der Waals surface area contributed by atoms with Gasteiger partial charge in [-0.3, -0.25) is 0 Å². The van der Waals surface area contributed by atoms with E-state index in [-0.39, 0.29) is 0 Å². The quantitative estimate of drug-likeness (QED) is 0.648. The number of furan rings is 1. The van der Waals surface area contributed by atoms with Gasteiger partial charge in [0.2, 0.25) is 0 Å². The number of ether oxygens (including phenoxy) is 2. The molecule has 5 nitrogen and oxygen atoms in total. The van der Waals surface area contributed by atoms with Gasteiger partial charge in [0.1, 0.15) is 11.3 Å². The van der Waals surface area contributed by atoms with Crippen LogP contribution in [0.4, 0.5) is 5.69 Å². The molecule has 2 heterocycles. The van der Waals surface area contributed by atoms with Gasteiger partial charge in [-0.15, -0.1) is 0 Å². The molecule has 2 aromatic rings. The van der Waals surface area contributed by atoms with Crippen molar-refractivity contribution in [2.24, 2.45) is 0 Å². The van der Waals surface area contributed by atoms with Crippen molar-refractivity contribution in [2.75, 3.05) is 31.8 Å². The lowest BCUT2D eigenvalue weighted by Crippen LogP contribution is -2.40. The van der Waals surface area contributed by atoms with E-state index in [1.807, 2.05) is 0 Å². The maximum absolute atomic E-state index is 10.8. The second-order valence-electron chi connectivity index (χ2n) is 8.00. The minimum absolute atomic E-state index is 0.441. The highest BCUT2D eigenvalue weighted by atomic mass is 16.6. The van der Waals surface area contributed by atoms with E-state index >= 15 is 0 Å². The molecule has 4 rings (SSSR count). The van der Waals surface area contributed by atoms with Crippen molar-refractivity contribution >= 4 is 22.2 Å². The van der Waals surface area contributed by atoms with Crippen molar-refractivity contribution in [1.82, 2.24) is 0 Å². The minimum atomic E-state index is -0.969. The molecule has 158 valence electrons. The molecule has 29 heavy (non-hydrogen) atoms. The number of nitrogens with zero attached hydrogens (tertiary/aromatic N) is 1. The normalized spacial score (nSPS) is 19.0. The Balaban J connectivity index is 1.88. The Morgan fingerprint density at radius 2 is 2.03 bits per heavy atom. The number of fused-ring (bicyclic) bond motifs is 1. The standard InChI is InChI=1S/C24H33NO4/c1-4-18-20(25(5-2)17-10-12-28-13-11-17)15-22-19(23(18)24(26)27-3)14-21(29-22)16-8-6-7-9-16/h8,14-15,17,24,26H,4-7,9-13H2,1-3H3. The molecular formula is C24H33NO4. The predicted molar refractivity (Wildman–Crippen MR) is 116 cm³/mol. The highest BCUT2D eigenvalue weighted by Gasteiger charge is 2.28. The Hall–Kier alpha value is -1.82. The first kappa shape index (κ1) is 20.5. The first-order valence-corrected chi connectivity index (χ1v) is 11.0. The van der Waals surface area contributed by atoms with Crippen molar-refractivity contribution in [1.29, 1.82) is 0 Å². The lowest BCUT2D eigenvalue weighted by Gasteiger charge is -2.37. The van der Waals surface area contributed by atoms with Gasteiger partial charge in [0, 0.05) is 55.6 Å². The van der Waals surface area contributed by atoms with Gasteiger partial charge in [-0.2, -0.15) is 0 Å². The molecule has 1 N–H and O–H groups in total. The summed E-state index contributed by atoms with van der Waals surface area (Å²) in [6.45, 7) is 6.86. The van der Waals surface area contributed by atoms with Crippen LogP contribution in [-0.2, 0) is 15.9 Å². The third-order valence-electron chi connectivity index (χ3n) is 6.42. The maximum atomic E-state index is 10.8. The first-order valence-electron chi connectivity index (χ1n) is 11.0. The van der Waals surface area contributed by atoms with E-state index in [2.05, 4.69) is 37.0 Å². The Kier molecular flexibility index (Phi) is 6.28. The zero-order chi connectivity index (χ0) is 20.4. The van der Waals surface area contributed by atoms with Crippen molar-refractivity contribution in [3.63, 3.8) is 0 Å². The fraction of sp³-hybridized carbons (Fsp3) is 0.583. The molecule has 1 unspecified atom stereocenters. The van der Waals surface area contributed by atoms with E-state index in [1.165, 1.54) is 12.0 Å². The van der Waals surface area contributed by atoms with Crippen LogP contribution in [0.3, 0.4) is 0 Å². The van der Waals surface area contributed by atoms with E-state index in [0.717, 1.165) is 85.4 Å². The average molecular weight is 400 g/mol. The smallest absolute Gasteiger partial charge is 0.181 e. The van der Waals surface area contributed by atoms with E-state index in [1.54, 1.807) is 7.11 Å². The number of hydrogen-bond acceptors (Lipinski definition) is 5. The number of rotatable bonds is 7. The number of allylic oxidation sites excluding steroid dienone is 2. The SMILES string of the molecule is CCc1c(N(CC)C2CCOCC2)cc2oc(C3=CCCC3)cc2c1C(O)OC. The Labute approximate surface area is 173 Å². The highest BCUT2D eigenvalue weighted by Crippen LogP contribution is 2.41. The van der Waals surface area contributed by atoms with E-state index < -0.39 is 6.29 Å². The van der Waals surface area contributed by atoms with Gasteiger partial charge in [-0.05, 0) is 62.7 Å². The van der Waals surface area contributed by atoms with Crippen molar-refractivity contribution in [3.8, 4) is 0 Å². The Morgan fingerprint density at radius 3 is 2.66 bits per heavy atom. The number of benzene rings is 1. The number of methoxy groups -OCH3 is 1. The van der Waals surface area contributed by atoms with Crippen molar-refractivity contribution < 1.29 is 19.0 Å². The van der Waals surface area contributed by atoms with Crippen molar-refractivity contribution in [2.45, 2.75) is 64.7 Å². The van der Waals surface area contributed by atoms with Crippen LogP contribution in [-0.4, -0.2) is 38.0 Å². The Bertz CT molecular complexity index is 879. The van der Waals surface area contributed by atoms with Gasteiger partial charge in [-0.1, -0.05) is 13.0 Å². The van der Waals surface area contributed by atoms with Gasteiger partial charge in [0.05, 0.1) is 0 Å². The molecule has 0 radical (unpaired) electrons. The molecule has 1 aliphatic heterocycles. The van der Waals surface area contributed by atoms with Crippen LogP contribution >= 0.6 is 0 Å². The molecule has 0 spiro atoms. The van der Waals surface area contributed by atoms with Crippen LogP contribution < -0.4 is 4.90 Å². The van der Waals surface area contributed by atoms with Gasteiger partial charge in [-0.25, -0.2) is 0 Å². The molecule has 1 fully saturated rings. The minimum Gasteiger partial charge on any atom is -0.456 e. The second-order valence-corrected chi connectivity index (χ2v) is 8.00. The number of hydrogen-bond donors (Lipinski definition) is 1. The Morgan fingerprint density at radius 1 is 1.24 bits per heavy atom. The second kappa shape index (κ2) is 8.90. The van der Waals surface area contributed by atoms with Crippen molar-refractivity contribution in [3.05, 3.63) is 35.1 Å². The molecule has 0 bridgehead atoms. The molecule has 1 aliphatic carbocycles. The molecule has 1 aromatic heterocycles. The fourth-order valence-electron chi connectivity index (χ4n) is 4.94. The topological polar surface area (TPSA) is 55.1 Å². The largest absolute Gasteiger partial charge is 0.456 e. The van der Waals surface area contributed by atoms with E-state index in [4.69, 9.17) is 13.9 Å². The van der Waals surface area contributed by atoms with Crippen LogP contribution in [0.5, 0.6) is 0 Å². The third kappa shape index (κ3) is 3.83. The molecule has 1 atom stereocenters. The maximum Gasteiger partial charge on any atom is 0.181 e. The third-order valence-corrected chi connectivity index (χ3v) is 6.42. The zero-order valence-electron chi connectivity index (χ0n) is 17.9. The summed E-state index contributed by atoms with van der Waals surface area (Å²) >= 11 is 0. The first-order chi connectivity index (χ1) is 14.2. The highest BCUT2D eigenvalue weighted by molar-refractivity contribution is 5.90. The molecule has 1 saturated heterocycles.